The van der Waals surface area contributed by atoms with E-state index in [0.29, 0.717) is 11.3 Å². The molecule has 0 amide bonds. The summed E-state index contributed by atoms with van der Waals surface area (Å²) in [4.78, 5) is 4.55. The minimum absolute atomic E-state index is 0.0838. The Morgan fingerprint density at radius 3 is 1.06 bits per heavy atom. The third-order valence-corrected chi connectivity index (χ3v) is 10.7. The van der Waals surface area contributed by atoms with E-state index in [-0.39, 0.29) is 21.7 Å². The molecule has 1 nitrogen and oxygen atoms in total. The van der Waals surface area contributed by atoms with Gasteiger partial charge in [0.05, 0.1) is 5.69 Å². The van der Waals surface area contributed by atoms with Gasteiger partial charge in [0.2, 0.25) is 0 Å². The van der Waals surface area contributed by atoms with Crippen molar-refractivity contribution in [3.63, 3.8) is 0 Å². The quantitative estimate of drug-likeness (QED) is 0.140. The van der Waals surface area contributed by atoms with E-state index in [1.54, 1.807) is 0 Å². The lowest BCUT2D eigenvalue weighted by atomic mass is 9.79. The summed E-state index contributed by atoms with van der Waals surface area (Å²) >= 11 is 0. The van der Waals surface area contributed by atoms with Crippen molar-refractivity contribution in [2.24, 2.45) is 0 Å². The second-order valence-corrected chi connectivity index (χ2v) is 19.7. The largest absolute Gasteiger partial charge is 0.256 e. The molecule has 0 aliphatic heterocycles. The number of nitrogens with zero attached hydrogens (tertiary/aromatic N) is 1. The zero-order valence-corrected chi connectivity index (χ0v) is 35.1. The Bertz CT molecular complexity index is 1900. The van der Waals surface area contributed by atoms with Crippen LogP contribution in [0.1, 0.15) is 139 Å². The maximum atomic E-state index is 14.4. The average Bonchev–Trinajstić information content (AvgIpc) is 3.07. The van der Waals surface area contributed by atoms with Crippen LogP contribution >= 0.6 is 0 Å². The molecule has 0 spiro atoms. The molecule has 5 rings (SSSR count). The number of aryl methyl sites for hydroxylation is 6. The van der Waals surface area contributed by atoms with Gasteiger partial charge in [-0.05, 0) is 134 Å². The normalized spacial score (nSPS) is 12.7. The van der Waals surface area contributed by atoms with Gasteiger partial charge in [-0.3, -0.25) is 4.98 Å². The van der Waals surface area contributed by atoms with Crippen LogP contribution in [-0.4, -0.2) is 4.98 Å². The van der Waals surface area contributed by atoms with Crippen LogP contribution in [0, 0.1) is 11.6 Å². The minimum Gasteiger partial charge on any atom is -0.256 e. The van der Waals surface area contributed by atoms with Crippen molar-refractivity contribution < 1.29 is 8.78 Å². The molecule has 1 aromatic heterocycles. The van der Waals surface area contributed by atoms with Gasteiger partial charge in [0.1, 0.15) is 11.6 Å². The van der Waals surface area contributed by atoms with E-state index >= 15 is 0 Å². The van der Waals surface area contributed by atoms with Crippen LogP contribution in [0.5, 0.6) is 0 Å². The Morgan fingerprint density at radius 2 is 0.741 bits per heavy atom. The van der Waals surface area contributed by atoms with Gasteiger partial charge in [-0.25, -0.2) is 8.78 Å². The molecule has 4 aromatic carbocycles. The summed E-state index contributed by atoms with van der Waals surface area (Å²) in [5, 5.41) is 0. The van der Waals surface area contributed by atoms with Crippen LogP contribution in [-0.2, 0) is 60.2 Å². The predicted molar refractivity (Wildman–Crippen MR) is 226 cm³/mol. The summed E-state index contributed by atoms with van der Waals surface area (Å²) in [5.41, 5.74) is 14.7. The first-order valence-corrected chi connectivity index (χ1v) is 19.9. The lowest BCUT2D eigenvalue weighted by Gasteiger charge is -2.26. The van der Waals surface area contributed by atoms with Gasteiger partial charge in [0, 0.05) is 17.8 Å². The van der Waals surface area contributed by atoms with Gasteiger partial charge in [-0.15, -0.1) is 0 Å². The highest BCUT2D eigenvalue weighted by molar-refractivity contribution is 5.59. The molecule has 0 aliphatic carbocycles. The lowest BCUT2D eigenvalue weighted by Crippen LogP contribution is -2.17. The molecule has 0 N–H and O–H groups in total. The Hall–Kier alpha value is -4.11. The van der Waals surface area contributed by atoms with E-state index in [1.807, 2.05) is 18.3 Å². The molecule has 0 atom stereocenters. The van der Waals surface area contributed by atoms with Crippen molar-refractivity contribution in [1.29, 1.82) is 0 Å². The molecule has 1 heterocycles. The van der Waals surface area contributed by atoms with Crippen LogP contribution in [0.3, 0.4) is 0 Å². The van der Waals surface area contributed by atoms with Gasteiger partial charge in [-0.1, -0.05) is 144 Å². The van der Waals surface area contributed by atoms with Crippen molar-refractivity contribution in [2.75, 3.05) is 0 Å². The van der Waals surface area contributed by atoms with E-state index in [2.05, 4.69) is 143 Å². The van der Waals surface area contributed by atoms with Crippen molar-refractivity contribution in [2.45, 2.75) is 143 Å². The van der Waals surface area contributed by atoms with Crippen molar-refractivity contribution in [3.8, 4) is 11.3 Å². The van der Waals surface area contributed by atoms with E-state index < -0.39 is 11.6 Å². The summed E-state index contributed by atoms with van der Waals surface area (Å²) in [7, 11) is 0. The standard InChI is InChI=1S/C51H63F2N/c1-48(2,3)40-26-38(27-41(30-40)49(4,5)6)17-15-36-23-35(14-13-34-19-22-47(54-33-34)45-21-20-44(52)32-46(45)53)24-37(25-36)16-18-39-28-42(50(7,8)9)31-43(29-39)51(10,11)12/h19-33H,13-18H2,1-12H3. The average molecular weight is 728 g/mol. The maximum Gasteiger partial charge on any atom is 0.135 e. The zero-order valence-electron chi connectivity index (χ0n) is 35.1. The SMILES string of the molecule is CC(C)(C)c1cc(CCc2cc(CCc3ccc(-c4ccc(F)cc4F)nc3)cc(CCc3cc(C(C)(C)C)cc(C(C)(C)C)c3)c2)cc(C(C)(C)C)c1. The third kappa shape index (κ3) is 11.0. The van der Waals surface area contributed by atoms with Gasteiger partial charge < -0.3 is 0 Å². The van der Waals surface area contributed by atoms with Gasteiger partial charge in [0.25, 0.3) is 0 Å². The molecular formula is C51H63F2N. The van der Waals surface area contributed by atoms with Gasteiger partial charge in [-0.2, -0.15) is 0 Å². The topological polar surface area (TPSA) is 12.9 Å². The molecule has 0 saturated carbocycles. The lowest BCUT2D eigenvalue weighted by molar-refractivity contribution is 0.566. The summed E-state index contributed by atoms with van der Waals surface area (Å²) < 4.78 is 27.9. The molecule has 0 fully saturated rings. The van der Waals surface area contributed by atoms with E-state index in [1.165, 1.54) is 62.2 Å². The van der Waals surface area contributed by atoms with Gasteiger partial charge >= 0.3 is 0 Å². The maximum absolute atomic E-state index is 14.4. The number of benzene rings is 4. The van der Waals surface area contributed by atoms with Crippen molar-refractivity contribution >= 4 is 0 Å². The van der Waals surface area contributed by atoms with E-state index in [9.17, 15) is 8.78 Å². The summed E-state index contributed by atoms with van der Waals surface area (Å²) in [6, 6.07) is 29.2. The van der Waals surface area contributed by atoms with Crippen LogP contribution in [0.4, 0.5) is 8.78 Å². The van der Waals surface area contributed by atoms with Crippen LogP contribution in [0.2, 0.25) is 0 Å². The molecule has 0 saturated heterocycles. The Balaban J connectivity index is 1.42. The molecule has 5 aromatic rings. The molecule has 3 heteroatoms. The summed E-state index contributed by atoms with van der Waals surface area (Å²) in [5.74, 6) is -1.19. The zero-order chi connectivity index (χ0) is 39.6. The first kappa shape index (κ1) is 41.1. The fraction of sp³-hybridized carbons (Fsp3) is 0.431. The first-order valence-electron chi connectivity index (χ1n) is 19.9. The minimum atomic E-state index is -0.598. The van der Waals surface area contributed by atoms with Gasteiger partial charge in [0.15, 0.2) is 0 Å². The fourth-order valence-electron chi connectivity index (χ4n) is 6.97. The molecular weight excluding hydrogens is 665 g/mol. The third-order valence-electron chi connectivity index (χ3n) is 10.7. The van der Waals surface area contributed by atoms with Crippen molar-refractivity contribution in [3.05, 3.63) is 158 Å². The Labute approximate surface area is 325 Å². The smallest absolute Gasteiger partial charge is 0.135 e. The molecule has 0 bridgehead atoms. The Kier molecular flexibility index (Phi) is 12.1. The second-order valence-electron chi connectivity index (χ2n) is 19.7. The molecule has 0 unspecified atom stereocenters. The molecule has 286 valence electrons. The predicted octanol–water partition coefficient (Wildman–Crippen LogP) is 13.6. The number of halogens is 2. The van der Waals surface area contributed by atoms with Crippen LogP contribution in [0.15, 0.2) is 91.1 Å². The first-order chi connectivity index (χ1) is 25.0. The van der Waals surface area contributed by atoms with Crippen molar-refractivity contribution in [1.82, 2.24) is 4.98 Å². The van der Waals surface area contributed by atoms with E-state index in [4.69, 9.17) is 0 Å². The monoisotopic (exact) mass is 727 g/mol. The number of hydrogen-bond acceptors (Lipinski definition) is 1. The fourth-order valence-corrected chi connectivity index (χ4v) is 6.97. The highest BCUT2D eigenvalue weighted by Crippen LogP contribution is 2.33. The highest BCUT2D eigenvalue weighted by Gasteiger charge is 2.22. The molecule has 54 heavy (non-hydrogen) atoms. The highest BCUT2D eigenvalue weighted by atomic mass is 19.1. The second kappa shape index (κ2) is 15.9. The molecule has 0 radical (unpaired) electrons. The Morgan fingerprint density at radius 1 is 0.389 bits per heavy atom. The number of rotatable bonds is 10. The van der Waals surface area contributed by atoms with E-state index in [0.717, 1.165) is 50.2 Å². The number of aromatic nitrogens is 1. The van der Waals surface area contributed by atoms with Crippen LogP contribution in [0.25, 0.3) is 11.3 Å². The number of pyridine rings is 1. The summed E-state index contributed by atoms with van der Waals surface area (Å²) in [6.07, 6.45) is 7.47. The summed E-state index contributed by atoms with van der Waals surface area (Å²) in [6.45, 7) is 27.7. The van der Waals surface area contributed by atoms with Crippen LogP contribution < -0.4 is 0 Å². The number of hydrogen-bond donors (Lipinski definition) is 0. The molecule has 0 aliphatic rings.